The number of ether oxygens (including phenoxy) is 1. The number of halogens is 1. The number of methoxy groups -OCH3 is 1. The van der Waals surface area contributed by atoms with Gasteiger partial charge in [0.15, 0.2) is 5.11 Å². The van der Waals surface area contributed by atoms with E-state index in [0.29, 0.717) is 23.8 Å². The van der Waals surface area contributed by atoms with E-state index in [9.17, 15) is 4.39 Å². The van der Waals surface area contributed by atoms with Gasteiger partial charge in [0.05, 0.1) is 7.11 Å². The van der Waals surface area contributed by atoms with Crippen LogP contribution in [0.2, 0.25) is 0 Å². The maximum Gasteiger partial charge on any atom is 0.166 e. The van der Waals surface area contributed by atoms with Crippen molar-refractivity contribution in [3.05, 3.63) is 65.5 Å². The SMILES string of the molecule is COc1ccc(CNC(=S)NCc2ccccc2F)cc1. The first-order valence-corrected chi connectivity index (χ1v) is 6.98. The van der Waals surface area contributed by atoms with E-state index in [4.69, 9.17) is 17.0 Å². The second-order valence-electron chi connectivity index (χ2n) is 4.48. The maximum atomic E-state index is 13.4. The second-order valence-corrected chi connectivity index (χ2v) is 4.88. The molecule has 0 aliphatic carbocycles. The lowest BCUT2D eigenvalue weighted by Gasteiger charge is -2.11. The van der Waals surface area contributed by atoms with E-state index in [1.807, 2.05) is 24.3 Å². The zero-order valence-corrected chi connectivity index (χ0v) is 12.5. The summed E-state index contributed by atoms with van der Waals surface area (Å²) in [6.07, 6.45) is 0. The van der Waals surface area contributed by atoms with Gasteiger partial charge in [-0.25, -0.2) is 4.39 Å². The lowest BCUT2D eigenvalue weighted by molar-refractivity contribution is 0.414. The fourth-order valence-corrected chi connectivity index (χ4v) is 1.95. The van der Waals surface area contributed by atoms with E-state index in [0.717, 1.165) is 11.3 Å². The molecule has 0 spiro atoms. The van der Waals surface area contributed by atoms with Crippen LogP contribution in [0.1, 0.15) is 11.1 Å². The third-order valence-electron chi connectivity index (χ3n) is 3.01. The Morgan fingerprint density at radius 2 is 1.71 bits per heavy atom. The summed E-state index contributed by atoms with van der Waals surface area (Å²) in [6, 6.07) is 14.3. The maximum absolute atomic E-state index is 13.4. The van der Waals surface area contributed by atoms with Crippen molar-refractivity contribution in [3.63, 3.8) is 0 Å². The summed E-state index contributed by atoms with van der Waals surface area (Å²) in [5.41, 5.74) is 1.68. The molecule has 0 fully saturated rings. The number of thiocarbonyl (C=S) groups is 1. The van der Waals surface area contributed by atoms with Crippen molar-refractivity contribution in [1.82, 2.24) is 10.6 Å². The molecule has 2 aromatic carbocycles. The molecule has 2 N–H and O–H groups in total. The zero-order valence-electron chi connectivity index (χ0n) is 11.7. The third kappa shape index (κ3) is 4.72. The van der Waals surface area contributed by atoms with Gasteiger partial charge >= 0.3 is 0 Å². The van der Waals surface area contributed by atoms with Gasteiger partial charge in [-0.15, -0.1) is 0 Å². The van der Waals surface area contributed by atoms with E-state index in [1.54, 1.807) is 25.3 Å². The number of hydrogen-bond acceptors (Lipinski definition) is 2. The summed E-state index contributed by atoms with van der Waals surface area (Å²) in [4.78, 5) is 0. The number of nitrogens with one attached hydrogen (secondary N) is 2. The molecule has 0 unspecified atom stereocenters. The Hall–Kier alpha value is -2.14. The highest BCUT2D eigenvalue weighted by Gasteiger charge is 2.02. The van der Waals surface area contributed by atoms with Crippen molar-refractivity contribution in [2.24, 2.45) is 0 Å². The van der Waals surface area contributed by atoms with E-state index >= 15 is 0 Å². The van der Waals surface area contributed by atoms with E-state index in [-0.39, 0.29) is 5.82 Å². The molecule has 110 valence electrons. The molecule has 0 bridgehead atoms. The highest BCUT2D eigenvalue weighted by Crippen LogP contribution is 2.11. The molecular weight excluding hydrogens is 287 g/mol. The van der Waals surface area contributed by atoms with Crippen LogP contribution in [0.15, 0.2) is 48.5 Å². The molecule has 2 aromatic rings. The summed E-state index contributed by atoms with van der Waals surface area (Å²) >= 11 is 5.17. The molecule has 0 saturated carbocycles. The average Bonchev–Trinajstić information content (AvgIpc) is 2.52. The van der Waals surface area contributed by atoms with Crippen molar-refractivity contribution in [2.45, 2.75) is 13.1 Å². The Morgan fingerprint density at radius 3 is 2.38 bits per heavy atom. The minimum absolute atomic E-state index is 0.233. The predicted molar refractivity (Wildman–Crippen MR) is 85.7 cm³/mol. The third-order valence-corrected chi connectivity index (χ3v) is 3.30. The molecule has 21 heavy (non-hydrogen) atoms. The minimum atomic E-state index is -0.233. The zero-order chi connectivity index (χ0) is 15.1. The Bertz CT molecular complexity index is 601. The molecule has 0 heterocycles. The molecule has 2 rings (SSSR count). The van der Waals surface area contributed by atoms with Gasteiger partial charge in [-0.05, 0) is 36.0 Å². The average molecular weight is 304 g/mol. The van der Waals surface area contributed by atoms with Crippen LogP contribution in [-0.4, -0.2) is 12.2 Å². The lowest BCUT2D eigenvalue weighted by Crippen LogP contribution is -2.34. The molecule has 0 radical (unpaired) electrons. The molecule has 0 aliphatic heterocycles. The first-order chi connectivity index (χ1) is 10.2. The topological polar surface area (TPSA) is 33.3 Å². The number of rotatable bonds is 5. The molecule has 0 aromatic heterocycles. The Kier molecular flexibility index (Phi) is 5.51. The number of benzene rings is 2. The lowest BCUT2D eigenvalue weighted by atomic mass is 10.2. The predicted octanol–water partition coefficient (Wildman–Crippen LogP) is 3.00. The van der Waals surface area contributed by atoms with Gasteiger partial charge < -0.3 is 15.4 Å². The summed E-state index contributed by atoms with van der Waals surface area (Å²) in [6.45, 7) is 0.966. The van der Waals surface area contributed by atoms with E-state index in [1.165, 1.54) is 6.07 Å². The monoisotopic (exact) mass is 304 g/mol. The first-order valence-electron chi connectivity index (χ1n) is 6.57. The van der Waals surface area contributed by atoms with Crippen LogP contribution in [0.3, 0.4) is 0 Å². The normalized spacial score (nSPS) is 10.0. The molecule has 3 nitrogen and oxygen atoms in total. The van der Waals surface area contributed by atoms with Crippen LogP contribution in [0.4, 0.5) is 4.39 Å². The Morgan fingerprint density at radius 1 is 1.05 bits per heavy atom. The number of hydrogen-bond donors (Lipinski definition) is 2. The minimum Gasteiger partial charge on any atom is -0.497 e. The Balaban J connectivity index is 1.78. The molecule has 5 heteroatoms. The van der Waals surface area contributed by atoms with Crippen LogP contribution in [0.5, 0.6) is 5.75 Å². The molecular formula is C16H17FN2OS. The van der Waals surface area contributed by atoms with Crippen molar-refractivity contribution in [1.29, 1.82) is 0 Å². The van der Waals surface area contributed by atoms with Crippen molar-refractivity contribution < 1.29 is 9.13 Å². The summed E-state index contributed by atoms with van der Waals surface area (Å²) < 4.78 is 18.5. The van der Waals surface area contributed by atoms with Gasteiger partial charge in [-0.3, -0.25) is 0 Å². The van der Waals surface area contributed by atoms with Crippen molar-refractivity contribution in [2.75, 3.05) is 7.11 Å². The summed E-state index contributed by atoms with van der Waals surface area (Å²) in [5.74, 6) is 0.585. The quantitative estimate of drug-likeness (QED) is 0.832. The first kappa shape index (κ1) is 15.3. The van der Waals surface area contributed by atoms with E-state index in [2.05, 4.69) is 10.6 Å². The van der Waals surface area contributed by atoms with Gasteiger partial charge in [0, 0.05) is 18.7 Å². The van der Waals surface area contributed by atoms with E-state index < -0.39 is 0 Å². The standard InChI is InChI=1S/C16H17FN2OS/c1-20-14-8-6-12(7-9-14)10-18-16(21)19-11-13-4-2-3-5-15(13)17/h2-9H,10-11H2,1H3,(H2,18,19,21). The van der Waals surface area contributed by atoms with Crippen LogP contribution < -0.4 is 15.4 Å². The van der Waals surface area contributed by atoms with Crippen molar-refractivity contribution in [3.8, 4) is 5.75 Å². The molecule has 0 aliphatic rings. The summed E-state index contributed by atoms with van der Waals surface area (Å²) in [5, 5.41) is 6.57. The van der Waals surface area contributed by atoms with Gasteiger partial charge in [0.1, 0.15) is 11.6 Å². The Labute approximate surface area is 129 Å². The second kappa shape index (κ2) is 7.59. The van der Waals surface area contributed by atoms with Gasteiger partial charge in [0.2, 0.25) is 0 Å². The van der Waals surface area contributed by atoms with Gasteiger partial charge in [0.25, 0.3) is 0 Å². The fourth-order valence-electron chi connectivity index (χ4n) is 1.81. The molecule has 0 saturated heterocycles. The molecule has 0 atom stereocenters. The van der Waals surface area contributed by atoms with Crippen molar-refractivity contribution >= 4 is 17.3 Å². The summed E-state index contributed by atoms with van der Waals surface area (Å²) in [7, 11) is 1.63. The van der Waals surface area contributed by atoms with Crippen LogP contribution in [0.25, 0.3) is 0 Å². The highest BCUT2D eigenvalue weighted by atomic mass is 32.1. The van der Waals surface area contributed by atoms with Gasteiger partial charge in [-0.2, -0.15) is 0 Å². The highest BCUT2D eigenvalue weighted by molar-refractivity contribution is 7.80. The van der Waals surface area contributed by atoms with Crippen LogP contribution in [0, 0.1) is 5.82 Å². The fraction of sp³-hybridized carbons (Fsp3) is 0.188. The smallest absolute Gasteiger partial charge is 0.166 e. The largest absolute Gasteiger partial charge is 0.497 e. The van der Waals surface area contributed by atoms with Crippen LogP contribution >= 0.6 is 12.2 Å². The van der Waals surface area contributed by atoms with Gasteiger partial charge in [-0.1, -0.05) is 30.3 Å². The molecule has 0 amide bonds. The van der Waals surface area contributed by atoms with Crippen LogP contribution in [-0.2, 0) is 13.1 Å².